The number of carbonyl (C=O) groups excluding carboxylic acids is 2. The van der Waals surface area contributed by atoms with Gasteiger partial charge in [0.1, 0.15) is 5.75 Å². The molecule has 3 aromatic carbocycles. The highest BCUT2D eigenvalue weighted by Crippen LogP contribution is 2.28. The smallest absolute Gasteiger partial charge is 0.335 e. The molecule has 1 aliphatic heterocycles. The van der Waals surface area contributed by atoms with Gasteiger partial charge < -0.3 is 25.4 Å². The zero-order valence-electron chi connectivity index (χ0n) is 22.2. The number of methoxy groups -OCH3 is 1. The first-order chi connectivity index (χ1) is 19.1. The molecule has 3 amide bonds. The molecule has 210 valence electrons. The van der Waals surface area contributed by atoms with E-state index in [9.17, 15) is 27.9 Å². The summed E-state index contributed by atoms with van der Waals surface area (Å²) in [5.74, 6) is -1.34. The number of urea groups is 1. The second-order valence-electron chi connectivity index (χ2n) is 9.60. The van der Waals surface area contributed by atoms with E-state index in [-0.39, 0.29) is 28.5 Å². The van der Waals surface area contributed by atoms with Crippen LogP contribution in [0.15, 0.2) is 71.6 Å². The molecule has 0 bridgehead atoms. The molecule has 3 aromatic rings. The van der Waals surface area contributed by atoms with E-state index in [1.165, 1.54) is 25.3 Å². The van der Waals surface area contributed by atoms with Crippen molar-refractivity contribution in [1.29, 1.82) is 0 Å². The molecule has 1 saturated heterocycles. The summed E-state index contributed by atoms with van der Waals surface area (Å²) in [4.78, 5) is 38.5. The molecule has 1 atom stereocenters. The van der Waals surface area contributed by atoms with Crippen LogP contribution in [-0.2, 0) is 21.1 Å². The SMILES string of the molecule is COc1cc(CC(=O)N2CCC[C@H]2CS(=O)(=O)c2cccc(C(=O)O)c2)ccc1NC(=O)Nc1ccccc1C. The Morgan fingerprint density at radius 2 is 1.75 bits per heavy atom. The lowest BCUT2D eigenvalue weighted by Gasteiger charge is -2.25. The number of likely N-dealkylation sites (tertiary alicyclic amines) is 1. The number of hydrogen-bond acceptors (Lipinski definition) is 6. The summed E-state index contributed by atoms with van der Waals surface area (Å²) < 4.78 is 31.5. The fraction of sp³-hybridized carbons (Fsp3) is 0.276. The second kappa shape index (κ2) is 12.2. The predicted octanol–water partition coefficient (Wildman–Crippen LogP) is 4.35. The summed E-state index contributed by atoms with van der Waals surface area (Å²) in [6, 6.07) is 16.7. The highest BCUT2D eigenvalue weighted by atomic mass is 32.2. The molecule has 1 aliphatic rings. The van der Waals surface area contributed by atoms with Crippen LogP contribution in [0.5, 0.6) is 5.75 Å². The minimum absolute atomic E-state index is 0.0249. The van der Waals surface area contributed by atoms with Crippen molar-refractivity contribution in [3.05, 3.63) is 83.4 Å². The van der Waals surface area contributed by atoms with Crippen LogP contribution >= 0.6 is 0 Å². The number of amides is 3. The summed E-state index contributed by atoms with van der Waals surface area (Å²) in [6.45, 7) is 2.32. The summed E-state index contributed by atoms with van der Waals surface area (Å²) >= 11 is 0. The topological polar surface area (TPSA) is 142 Å². The van der Waals surface area contributed by atoms with Gasteiger partial charge in [0.05, 0.1) is 35.4 Å². The summed E-state index contributed by atoms with van der Waals surface area (Å²) in [5.41, 5.74) is 2.56. The van der Waals surface area contributed by atoms with Crippen molar-refractivity contribution in [2.24, 2.45) is 0 Å². The van der Waals surface area contributed by atoms with E-state index < -0.39 is 27.9 Å². The van der Waals surface area contributed by atoms with E-state index >= 15 is 0 Å². The van der Waals surface area contributed by atoms with Gasteiger partial charge in [0.15, 0.2) is 9.84 Å². The first-order valence-corrected chi connectivity index (χ1v) is 14.4. The number of aromatic carboxylic acids is 1. The quantitative estimate of drug-likeness (QED) is 0.350. The number of carbonyl (C=O) groups is 3. The number of aryl methyl sites for hydroxylation is 1. The fourth-order valence-corrected chi connectivity index (χ4v) is 6.36. The monoisotopic (exact) mass is 565 g/mol. The Kier molecular flexibility index (Phi) is 8.73. The maximum atomic E-state index is 13.2. The van der Waals surface area contributed by atoms with Crippen LogP contribution in [0.1, 0.15) is 34.3 Å². The lowest BCUT2D eigenvalue weighted by atomic mass is 10.1. The molecular weight excluding hydrogens is 534 g/mol. The van der Waals surface area contributed by atoms with Crippen LogP contribution in [0, 0.1) is 6.92 Å². The van der Waals surface area contributed by atoms with Gasteiger partial charge in [0.2, 0.25) is 5.91 Å². The molecule has 4 rings (SSSR count). The molecule has 0 unspecified atom stereocenters. The van der Waals surface area contributed by atoms with E-state index in [1.807, 2.05) is 25.1 Å². The number of nitrogens with one attached hydrogen (secondary N) is 2. The third-order valence-corrected chi connectivity index (χ3v) is 8.61. The lowest BCUT2D eigenvalue weighted by molar-refractivity contribution is -0.130. The predicted molar refractivity (Wildman–Crippen MR) is 151 cm³/mol. The van der Waals surface area contributed by atoms with Gasteiger partial charge in [0.25, 0.3) is 0 Å². The van der Waals surface area contributed by atoms with Crippen molar-refractivity contribution < 1.29 is 32.6 Å². The van der Waals surface area contributed by atoms with Gasteiger partial charge in [-0.25, -0.2) is 18.0 Å². The number of ether oxygens (including phenoxy) is 1. The molecule has 10 nitrogen and oxygen atoms in total. The van der Waals surface area contributed by atoms with Crippen LogP contribution in [0.25, 0.3) is 0 Å². The van der Waals surface area contributed by atoms with Crippen LogP contribution in [0.4, 0.5) is 16.2 Å². The first-order valence-electron chi connectivity index (χ1n) is 12.7. The van der Waals surface area contributed by atoms with Crippen LogP contribution < -0.4 is 15.4 Å². The number of benzene rings is 3. The maximum absolute atomic E-state index is 13.2. The number of nitrogens with zero attached hydrogens (tertiary/aromatic N) is 1. The second-order valence-corrected chi connectivity index (χ2v) is 11.6. The highest BCUT2D eigenvalue weighted by Gasteiger charge is 2.33. The van der Waals surface area contributed by atoms with Crippen molar-refractivity contribution in [1.82, 2.24) is 4.90 Å². The number of rotatable bonds is 9. The van der Waals surface area contributed by atoms with E-state index in [4.69, 9.17) is 4.74 Å². The van der Waals surface area contributed by atoms with Gasteiger partial charge in [-0.2, -0.15) is 0 Å². The highest BCUT2D eigenvalue weighted by molar-refractivity contribution is 7.91. The number of hydrogen-bond donors (Lipinski definition) is 3. The van der Waals surface area contributed by atoms with E-state index in [0.29, 0.717) is 42.1 Å². The Morgan fingerprint density at radius 1 is 1.00 bits per heavy atom. The van der Waals surface area contributed by atoms with Crippen molar-refractivity contribution in [2.75, 3.05) is 30.0 Å². The van der Waals surface area contributed by atoms with Gasteiger partial charge in [-0.3, -0.25) is 4.79 Å². The minimum atomic E-state index is -3.82. The Bertz CT molecular complexity index is 1540. The number of anilines is 2. The molecule has 0 aliphatic carbocycles. The van der Waals surface area contributed by atoms with Crippen molar-refractivity contribution >= 4 is 39.1 Å². The molecule has 0 radical (unpaired) electrons. The standard InChI is InChI=1S/C29H31N3O7S/c1-19-7-3-4-11-24(19)30-29(36)31-25-13-12-20(15-26(25)39-2)16-27(33)32-14-6-9-22(32)18-40(37,38)23-10-5-8-21(17-23)28(34)35/h3-5,7-8,10-13,15,17,22H,6,9,14,16,18H2,1-2H3,(H,34,35)(H2,30,31,36)/t22-/m0/s1. The van der Waals surface area contributed by atoms with Gasteiger partial charge in [-0.1, -0.05) is 30.3 Å². The average Bonchev–Trinajstić information content (AvgIpc) is 3.38. The number of carboxylic acids is 1. The van der Waals surface area contributed by atoms with Gasteiger partial charge >= 0.3 is 12.0 Å². The fourth-order valence-electron chi connectivity index (χ4n) is 4.72. The normalized spacial score (nSPS) is 14.9. The average molecular weight is 566 g/mol. The minimum Gasteiger partial charge on any atom is -0.495 e. The molecule has 1 heterocycles. The molecule has 0 saturated carbocycles. The zero-order chi connectivity index (χ0) is 28.9. The zero-order valence-corrected chi connectivity index (χ0v) is 23.0. The van der Waals surface area contributed by atoms with E-state index in [1.54, 1.807) is 29.2 Å². The van der Waals surface area contributed by atoms with E-state index in [0.717, 1.165) is 11.6 Å². The van der Waals surface area contributed by atoms with Crippen molar-refractivity contribution in [3.8, 4) is 5.75 Å². The van der Waals surface area contributed by atoms with Crippen LogP contribution in [0.3, 0.4) is 0 Å². The largest absolute Gasteiger partial charge is 0.495 e. The Labute approximate surface area is 232 Å². The molecular formula is C29H31N3O7S. The molecule has 3 N–H and O–H groups in total. The van der Waals surface area contributed by atoms with Gasteiger partial charge in [-0.15, -0.1) is 0 Å². The molecule has 40 heavy (non-hydrogen) atoms. The summed E-state index contributed by atoms with van der Waals surface area (Å²) in [7, 11) is -2.35. The molecule has 1 fully saturated rings. The Hall–Kier alpha value is -4.38. The van der Waals surface area contributed by atoms with Gasteiger partial charge in [-0.05, 0) is 67.3 Å². The van der Waals surface area contributed by atoms with E-state index in [2.05, 4.69) is 10.6 Å². The third kappa shape index (κ3) is 6.78. The Morgan fingerprint density at radius 3 is 2.48 bits per heavy atom. The van der Waals surface area contributed by atoms with Crippen LogP contribution in [-0.4, -0.2) is 61.8 Å². The van der Waals surface area contributed by atoms with Crippen LogP contribution in [0.2, 0.25) is 0 Å². The summed E-state index contributed by atoms with van der Waals surface area (Å²) in [5, 5.41) is 14.8. The lowest BCUT2D eigenvalue weighted by Crippen LogP contribution is -2.40. The first kappa shape index (κ1) is 28.6. The Balaban J connectivity index is 1.42. The maximum Gasteiger partial charge on any atom is 0.335 e. The number of carboxylic acid groups (broad SMARTS) is 1. The number of sulfone groups is 1. The summed E-state index contributed by atoms with van der Waals surface area (Å²) in [6.07, 6.45) is 1.23. The van der Waals surface area contributed by atoms with Gasteiger partial charge in [0, 0.05) is 18.3 Å². The number of para-hydroxylation sites is 1. The third-order valence-electron chi connectivity index (χ3n) is 6.81. The molecule has 0 spiro atoms. The molecule has 0 aromatic heterocycles. The van der Waals surface area contributed by atoms with Crippen molar-refractivity contribution in [3.63, 3.8) is 0 Å². The van der Waals surface area contributed by atoms with Crippen molar-refractivity contribution in [2.45, 2.75) is 37.1 Å². The molecule has 11 heteroatoms.